The second kappa shape index (κ2) is 9.76. The van der Waals surface area contributed by atoms with Gasteiger partial charge in [0, 0.05) is 30.1 Å². The average molecular weight is 477 g/mol. The lowest BCUT2D eigenvalue weighted by atomic mass is 10.1. The number of fused-ring (bicyclic) bond motifs is 1. The molecular weight excluding hydrogens is 456 g/mol. The first-order valence-electron chi connectivity index (χ1n) is 10.5. The van der Waals surface area contributed by atoms with Crippen LogP contribution in [-0.4, -0.2) is 35.6 Å². The molecule has 2 heterocycles. The van der Waals surface area contributed by atoms with Gasteiger partial charge in [0.1, 0.15) is 5.56 Å². The Balaban J connectivity index is 1.69. The zero-order valence-corrected chi connectivity index (χ0v) is 19.0. The summed E-state index contributed by atoms with van der Waals surface area (Å²) in [7, 11) is 2.42. The lowest BCUT2D eigenvalue weighted by Gasteiger charge is -2.13. The molecule has 0 radical (unpaired) electrons. The molecule has 0 bridgehead atoms. The zero-order chi connectivity index (χ0) is 25.1. The molecule has 9 heteroatoms. The van der Waals surface area contributed by atoms with Gasteiger partial charge in [-0.25, -0.2) is 8.78 Å². The molecule has 0 aliphatic rings. The Morgan fingerprint density at radius 2 is 1.74 bits per heavy atom. The van der Waals surface area contributed by atoms with E-state index in [2.05, 4.69) is 16.9 Å². The summed E-state index contributed by atoms with van der Waals surface area (Å²) in [4.78, 5) is 29.4. The molecule has 7 nitrogen and oxygen atoms in total. The van der Waals surface area contributed by atoms with Crippen molar-refractivity contribution < 1.29 is 27.8 Å². The molecule has 0 saturated heterocycles. The van der Waals surface area contributed by atoms with Crippen LogP contribution < -0.4 is 14.8 Å². The number of amides is 1. The van der Waals surface area contributed by atoms with E-state index in [1.807, 2.05) is 12.1 Å². The Labute approximate surface area is 199 Å². The SMILES string of the molecule is C=CC(=O)Nc1ccccc1Cc1ccc2c(ccn2C(=O)c2c(F)c(OC)cc(OC)c2F)n1. The fourth-order valence-corrected chi connectivity index (χ4v) is 3.71. The van der Waals surface area contributed by atoms with E-state index in [9.17, 15) is 18.4 Å². The largest absolute Gasteiger partial charge is 0.494 e. The maximum Gasteiger partial charge on any atom is 0.268 e. The van der Waals surface area contributed by atoms with Crippen molar-refractivity contribution in [1.82, 2.24) is 9.55 Å². The van der Waals surface area contributed by atoms with E-state index in [0.29, 0.717) is 28.8 Å². The van der Waals surface area contributed by atoms with Crippen LogP contribution in [0.15, 0.2) is 67.4 Å². The number of carbonyl (C=O) groups is 2. The maximum absolute atomic E-state index is 14.8. The van der Waals surface area contributed by atoms with Gasteiger partial charge in [-0.05, 0) is 35.9 Å². The third-order valence-corrected chi connectivity index (χ3v) is 5.44. The van der Waals surface area contributed by atoms with Crippen LogP contribution in [0.4, 0.5) is 14.5 Å². The highest BCUT2D eigenvalue weighted by Gasteiger charge is 2.27. The van der Waals surface area contributed by atoms with Crippen molar-refractivity contribution in [2.24, 2.45) is 0 Å². The molecule has 1 N–H and O–H groups in total. The lowest BCUT2D eigenvalue weighted by Crippen LogP contribution is -2.16. The second-order valence-corrected chi connectivity index (χ2v) is 7.51. The Hall–Kier alpha value is -4.53. The minimum absolute atomic E-state index is 0.314. The number of nitrogens with one attached hydrogen (secondary N) is 1. The molecule has 0 aliphatic carbocycles. The van der Waals surface area contributed by atoms with E-state index in [0.717, 1.165) is 16.2 Å². The first-order valence-corrected chi connectivity index (χ1v) is 10.5. The molecule has 4 rings (SSSR count). The van der Waals surface area contributed by atoms with Crippen molar-refractivity contribution in [1.29, 1.82) is 0 Å². The number of para-hydroxylation sites is 1. The van der Waals surface area contributed by atoms with Crippen molar-refractivity contribution in [3.63, 3.8) is 0 Å². The topological polar surface area (TPSA) is 82.5 Å². The van der Waals surface area contributed by atoms with Gasteiger partial charge in [-0.15, -0.1) is 0 Å². The number of aromatic nitrogens is 2. The number of halogens is 2. The van der Waals surface area contributed by atoms with Gasteiger partial charge >= 0.3 is 0 Å². The lowest BCUT2D eigenvalue weighted by molar-refractivity contribution is -0.111. The van der Waals surface area contributed by atoms with Crippen LogP contribution in [0, 0.1) is 11.6 Å². The predicted molar refractivity (Wildman–Crippen MR) is 127 cm³/mol. The van der Waals surface area contributed by atoms with Crippen molar-refractivity contribution in [2.45, 2.75) is 6.42 Å². The number of nitrogens with zero attached hydrogens (tertiary/aromatic N) is 2. The Morgan fingerprint density at radius 3 is 2.40 bits per heavy atom. The van der Waals surface area contributed by atoms with Crippen molar-refractivity contribution in [3.8, 4) is 11.5 Å². The number of pyridine rings is 1. The first kappa shape index (κ1) is 23.6. The number of hydrogen-bond donors (Lipinski definition) is 1. The van der Waals surface area contributed by atoms with Gasteiger partial charge in [-0.2, -0.15) is 0 Å². The van der Waals surface area contributed by atoms with Crippen LogP contribution in [0.3, 0.4) is 0 Å². The number of carbonyl (C=O) groups excluding carboxylic acids is 2. The van der Waals surface area contributed by atoms with E-state index in [4.69, 9.17) is 9.47 Å². The van der Waals surface area contributed by atoms with Gasteiger partial charge in [0.15, 0.2) is 23.1 Å². The summed E-state index contributed by atoms with van der Waals surface area (Å²) >= 11 is 0. The Bertz CT molecular complexity index is 1430. The van der Waals surface area contributed by atoms with Crippen molar-refractivity contribution in [3.05, 3.63) is 95.8 Å². The molecule has 0 unspecified atom stereocenters. The normalized spacial score (nSPS) is 10.7. The summed E-state index contributed by atoms with van der Waals surface area (Å²) < 4.78 is 40.7. The molecule has 4 aromatic rings. The van der Waals surface area contributed by atoms with Gasteiger partial charge in [0.2, 0.25) is 5.91 Å². The Morgan fingerprint density at radius 1 is 1.06 bits per heavy atom. The monoisotopic (exact) mass is 477 g/mol. The van der Waals surface area contributed by atoms with E-state index in [1.165, 1.54) is 26.5 Å². The van der Waals surface area contributed by atoms with Crippen LogP contribution in [0.2, 0.25) is 0 Å². The number of hydrogen-bond acceptors (Lipinski definition) is 5. The zero-order valence-electron chi connectivity index (χ0n) is 19.0. The fourth-order valence-electron chi connectivity index (χ4n) is 3.71. The maximum atomic E-state index is 14.8. The van der Waals surface area contributed by atoms with Gasteiger partial charge < -0.3 is 14.8 Å². The third-order valence-electron chi connectivity index (χ3n) is 5.44. The van der Waals surface area contributed by atoms with E-state index < -0.39 is 23.1 Å². The average Bonchev–Trinajstić information content (AvgIpc) is 3.28. The first-order chi connectivity index (χ1) is 16.9. The number of ether oxygens (including phenoxy) is 2. The minimum Gasteiger partial charge on any atom is -0.494 e. The quantitative estimate of drug-likeness (QED) is 0.389. The van der Waals surface area contributed by atoms with Gasteiger partial charge in [-0.3, -0.25) is 19.1 Å². The van der Waals surface area contributed by atoms with Gasteiger partial charge in [0.25, 0.3) is 5.91 Å². The standard InChI is InChI=1S/C26H21F2N3O4/c1-4-22(32)30-17-8-6-5-7-15(17)13-16-9-10-19-18(29-16)11-12-31(19)26(33)23-24(27)20(34-2)14-21(35-3)25(23)28/h4-12,14H,1,13H2,2-3H3,(H,30,32). The summed E-state index contributed by atoms with van der Waals surface area (Å²) in [5.74, 6) is -4.14. The van der Waals surface area contributed by atoms with E-state index >= 15 is 0 Å². The van der Waals surface area contributed by atoms with Crippen molar-refractivity contribution in [2.75, 3.05) is 19.5 Å². The molecule has 35 heavy (non-hydrogen) atoms. The van der Waals surface area contributed by atoms with E-state index in [-0.39, 0.29) is 17.4 Å². The molecule has 0 saturated carbocycles. The third kappa shape index (κ3) is 4.48. The van der Waals surface area contributed by atoms with Gasteiger partial charge in [-0.1, -0.05) is 24.8 Å². The number of benzene rings is 2. The van der Waals surface area contributed by atoms with Gasteiger partial charge in [0.05, 0.1) is 25.3 Å². The molecule has 178 valence electrons. The highest BCUT2D eigenvalue weighted by atomic mass is 19.1. The number of methoxy groups -OCH3 is 2. The molecule has 0 aliphatic heterocycles. The fraction of sp³-hybridized carbons (Fsp3) is 0.115. The van der Waals surface area contributed by atoms with E-state index in [1.54, 1.807) is 30.3 Å². The molecular formula is C26H21F2N3O4. The van der Waals surface area contributed by atoms with Crippen LogP contribution in [0.1, 0.15) is 21.6 Å². The number of anilines is 1. The highest BCUT2D eigenvalue weighted by Crippen LogP contribution is 2.32. The molecule has 2 aromatic carbocycles. The van der Waals surface area contributed by atoms with Crippen LogP contribution in [0.25, 0.3) is 11.0 Å². The predicted octanol–water partition coefficient (Wildman–Crippen LogP) is 4.74. The second-order valence-electron chi connectivity index (χ2n) is 7.51. The molecule has 0 spiro atoms. The highest BCUT2D eigenvalue weighted by molar-refractivity contribution is 6.02. The Kier molecular flexibility index (Phi) is 6.59. The molecule has 0 atom stereocenters. The summed E-state index contributed by atoms with van der Waals surface area (Å²) in [6.45, 7) is 3.46. The van der Waals surface area contributed by atoms with Crippen LogP contribution in [-0.2, 0) is 11.2 Å². The minimum atomic E-state index is -1.12. The van der Waals surface area contributed by atoms with Crippen molar-refractivity contribution >= 4 is 28.5 Å². The molecule has 1 amide bonds. The summed E-state index contributed by atoms with van der Waals surface area (Å²) in [5, 5.41) is 2.76. The smallest absolute Gasteiger partial charge is 0.268 e. The summed E-state index contributed by atoms with van der Waals surface area (Å²) in [5.41, 5.74) is 2.16. The van der Waals surface area contributed by atoms with Crippen LogP contribution in [0.5, 0.6) is 11.5 Å². The molecule has 2 aromatic heterocycles. The van der Waals surface area contributed by atoms with Crippen LogP contribution >= 0.6 is 0 Å². The number of rotatable bonds is 7. The summed E-state index contributed by atoms with van der Waals surface area (Å²) in [6, 6.07) is 13.3. The molecule has 0 fully saturated rings. The summed E-state index contributed by atoms with van der Waals surface area (Å²) in [6.07, 6.45) is 2.98.